The van der Waals surface area contributed by atoms with Crippen molar-refractivity contribution in [1.82, 2.24) is 9.38 Å². The van der Waals surface area contributed by atoms with E-state index in [1.54, 1.807) is 24.3 Å². The van der Waals surface area contributed by atoms with Gasteiger partial charge in [0, 0.05) is 11.9 Å². The number of pyridine rings is 1. The SMILES string of the molecule is N#Cc1cccc(Nc2nc3c(O)cccn3c(=O)c2CO)c1. The molecule has 3 aromatic rings. The lowest BCUT2D eigenvalue weighted by Gasteiger charge is -2.12. The van der Waals surface area contributed by atoms with Crippen LogP contribution in [0.25, 0.3) is 5.65 Å². The molecule has 0 amide bonds. The molecule has 0 fully saturated rings. The fourth-order valence-electron chi connectivity index (χ4n) is 2.23. The Morgan fingerprint density at radius 1 is 1.30 bits per heavy atom. The Balaban J connectivity index is 2.18. The number of hydrogen-bond acceptors (Lipinski definition) is 6. The first kappa shape index (κ1) is 14.6. The van der Waals surface area contributed by atoms with Crippen molar-refractivity contribution >= 4 is 17.2 Å². The molecule has 0 atom stereocenters. The highest BCUT2D eigenvalue weighted by Crippen LogP contribution is 2.21. The highest BCUT2D eigenvalue weighted by Gasteiger charge is 2.14. The van der Waals surface area contributed by atoms with Crippen molar-refractivity contribution in [2.24, 2.45) is 0 Å². The number of rotatable bonds is 3. The molecule has 0 saturated heterocycles. The summed E-state index contributed by atoms with van der Waals surface area (Å²) < 4.78 is 1.16. The van der Waals surface area contributed by atoms with Crippen molar-refractivity contribution in [3.8, 4) is 11.8 Å². The maximum atomic E-state index is 12.4. The lowest BCUT2D eigenvalue weighted by atomic mass is 10.2. The topological polar surface area (TPSA) is 111 Å². The predicted molar refractivity (Wildman–Crippen MR) is 83.5 cm³/mol. The van der Waals surface area contributed by atoms with E-state index in [4.69, 9.17) is 5.26 Å². The molecule has 0 aliphatic rings. The minimum absolute atomic E-state index is 0.0652. The second-order valence-corrected chi connectivity index (χ2v) is 4.81. The van der Waals surface area contributed by atoms with Gasteiger partial charge >= 0.3 is 0 Å². The maximum absolute atomic E-state index is 12.4. The number of nitriles is 1. The Morgan fingerprint density at radius 3 is 2.87 bits per heavy atom. The summed E-state index contributed by atoms with van der Waals surface area (Å²) in [5, 5.41) is 31.2. The minimum atomic E-state index is -0.509. The van der Waals surface area contributed by atoms with E-state index in [-0.39, 0.29) is 22.8 Å². The van der Waals surface area contributed by atoms with E-state index in [1.807, 2.05) is 6.07 Å². The number of aliphatic hydroxyl groups is 1. The van der Waals surface area contributed by atoms with Crippen molar-refractivity contribution in [2.75, 3.05) is 5.32 Å². The van der Waals surface area contributed by atoms with Crippen molar-refractivity contribution in [3.05, 3.63) is 64.1 Å². The van der Waals surface area contributed by atoms with Crippen LogP contribution in [0.15, 0.2) is 47.4 Å². The molecule has 114 valence electrons. The van der Waals surface area contributed by atoms with E-state index in [0.29, 0.717) is 11.3 Å². The summed E-state index contributed by atoms with van der Waals surface area (Å²) in [6.07, 6.45) is 1.46. The average molecular weight is 308 g/mol. The van der Waals surface area contributed by atoms with Crippen LogP contribution in [0.1, 0.15) is 11.1 Å². The van der Waals surface area contributed by atoms with E-state index in [2.05, 4.69) is 10.3 Å². The van der Waals surface area contributed by atoms with Gasteiger partial charge in [0.1, 0.15) is 5.82 Å². The van der Waals surface area contributed by atoms with E-state index in [9.17, 15) is 15.0 Å². The van der Waals surface area contributed by atoms with E-state index in [1.165, 1.54) is 18.3 Å². The van der Waals surface area contributed by atoms with Gasteiger partial charge < -0.3 is 15.5 Å². The number of nitrogens with zero attached hydrogens (tertiary/aromatic N) is 3. The number of hydrogen-bond donors (Lipinski definition) is 3. The van der Waals surface area contributed by atoms with Gasteiger partial charge in [-0.3, -0.25) is 9.20 Å². The van der Waals surface area contributed by atoms with Crippen molar-refractivity contribution in [1.29, 1.82) is 5.26 Å². The van der Waals surface area contributed by atoms with Crippen molar-refractivity contribution in [2.45, 2.75) is 6.61 Å². The Labute approximate surface area is 130 Å². The number of aromatic hydroxyl groups is 1. The first-order valence-electron chi connectivity index (χ1n) is 6.75. The normalized spacial score (nSPS) is 10.4. The molecule has 0 saturated carbocycles. The highest BCUT2D eigenvalue weighted by atomic mass is 16.3. The number of anilines is 2. The van der Waals surface area contributed by atoms with Gasteiger partial charge in [-0.1, -0.05) is 6.07 Å². The van der Waals surface area contributed by atoms with E-state index >= 15 is 0 Å². The molecule has 23 heavy (non-hydrogen) atoms. The molecule has 1 aromatic carbocycles. The number of aromatic nitrogens is 2. The molecule has 0 aliphatic carbocycles. The van der Waals surface area contributed by atoms with Gasteiger partial charge in [-0.2, -0.15) is 5.26 Å². The molecule has 7 heteroatoms. The first-order valence-corrected chi connectivity index (χ1v) is 6.75. The van der Waals surface area contributed by atoms with Crippen LogP contribution in [0.5, 0.6) is 5.75 Å². The van der Waals surface area contributed by atoms with Crippen LogP contribution in [0.3, 0.4) is 0 Å². The molecule has 7 nitrogen and oxygen atoms in total. The molecule has 3 N–H and O–H groups in total. The van der Waals surface area contributed by atoms with E-state index in [0.717, 1.165) is 4.40 Å². The van der Waals surface area contributed by atoms with Crippen LogP contribution in [-0.4, -0.2) is 19.6 Å². The van der Waals surface area contributed by atoms with Gasteiger partial charge in [0.05, 0.1) is 23.8 Å². The number of nitrogens with one attached hydrogen (secondary N) is 1. The fraction of sp³-hybridized carbons (Fsp3) is 0.0625. The molecule has 0 unspecified atom stereocenters. The van der Waals surface area contributed by atoms with Gasteiger partial charge in [-0.15, -0.1) is 0 Å². The molecule has 0 aliphatic heterocycles. The molecule has 0 spiro atoms. The molecule has 3 rings (SSSR count). The monoisotopic (exact) mass is 308 g/mol. The summed E-state index contributed by atoms with van der Waals surface area (Å²) in [6.45, 7) is -0.509. The van der Waals surface area contributed by atoms with Gasteiger partial charge in [0.15, 0.2) is 11.4 Å². The lowest BCUT2D eigenvalue weighted by molar-refractivity contribution is 0.280. The average Bonchev–Trinajstić information content (AvgIpc) is 2.56. The van der Waals surface area contributed by atoms with Gasteiger partial charge in [0.25, 0.3) is 5.56 Å². The second kappa shape index (κ2) is 5.79. The second-order valence-electron chi connectivity index (χ2n) is 4.81. The molecular weight excluding hydrogens is 296 g/mol. The zero-order chi connectivity index (χ0) is 16.4. The summed E-state index contributed by atoms with van der Waals surface area (Å²) in [5.74, 6) is -0.0167. The standard InChI is InChI=1S/C16H12N4O3/c17-8-10-3-1-4-11(7-10)18-14-12(9-21)16(23)20-6-2-5-13(22)15(20)19-14/h1-7,18,21-22H,9H2. The molecular formula is C16H12N4O3. The number of benzene rings is 1. The fourth-order valence-corrected chi connectivity index (χ4v) is 2.23. The lowest BCUT2D eigenvalue weighted by Crippen LogP contribution is -2.21. The van der Waals surface area contributed by atoms with Gasteiger partial charge in [-0.05, 0) is 30.3 Å². The molecule has 0 radical (unpaired) electrons. The van der Waals surface area contributed by atoms with Crippen LogP contribution >= 0.6 is 0 Å². The maximum Gasteiger partial charge on any atom is 0.265 e. The summed E-state index contributed by atoms with van der Waals surface area (Å²) in [6, 6.07) is 11.6. The van der Waals surface area contributed by atoms with Crippen LogP contribution in [-0.2, 0) is 6.61 Å². The Morgan fingerprint density at radius 2 is 2.13 bits per heavy atom. The van der Waals surface area contributed by atoms with Crippen LogP contribution in [0.4, 0.5) is 11.5 Å². The highest BCUT2D eigenvalue weighted by molar-refractivity contribution is 5.65. The smallest absolute Gasteiger partial charge is 0.265 e. The first-order chi connectivity index (χ1) is 11.1. The number of fused-ring (bicyclic) bond motifs is 1. The van der Waals surface area contributed by atoms with Crippen molar-refractivity contribution in [3.63, 3.8) is 0 Å². The third kappa shape index (κ3) is 2.59. The Hall–Kier alpha value is -3.37. The van der Waals surface area contributed by atoms with Gasteiger partial charge in [0.2, 0.25) is 0 Å². The Kier molecular flexibility index (Phi) is 3.66. The third-order valence-electron chi connectivity index (χ3n) is 3.34. The Bertz CT molecular complexity index is 989. The van der Waals surface area contributed by atoms with Crippen LogP contribution < -0.4 is 10.9 Å². The minimum Gasteiger partial charge on any atom is -0.504 e. The van der Waals surface area contributed by atoms with Crippen LogP contribution in [0, 0.1) is 11.3 Å². The van der Waals surface area contributed by atoms with Gasteiger partial charge in [-0.25, -0.2) is 4.98 Å². The summed E-state index contributed by atoms with van der Waals surface area (Å²) in [7, 11) is 0. The zero-order valence-electron chi connectivity index (χ0n) is 11.9. The predicted octanol–water partition coefficient (Wildman–Crippen LogP) is 1.51. The van der Waals surface area contributed by atoms with Crippen LogP contribution in [0.2, 0.25) is 0 Å². The quantitative estimate of drug-likeness (QED) is 0.676. The molecule has 2 aromatic heterocycles. The number of aliphatic hydroxyl groups excluding tert-OH is 1. The summed E-state index contributed by atoms with van der Waals surface area (Å²) in [5.41, 5.74) is 0.655. The van der Waals surface area contributed by atoms with Crippen molar-refractivity contribution < 1.29 is 10.2 Å². The molecule has 0 bridgehead atoms. The molecule has 2 heterocycles. The summed E-state index contributed by atoms with van der Waals surface area (Å²) in [4.78, 5) is 16.6. The largest absolute Gasteiger partial charge is 0.504 e. The zero-order valence-corrected chi connectivity index (χ0v) is 11.9. The third-order valence-corrected chi connectivity index (χ3v) is 3.34. The van der Waals surface area contributed by atoms with E-state index < -0.39 is 12.2 Å². The summed E-state index contributed by atoms with van der Waals surface area (Å²) >= 11 is 0.